The van der Waals surface area contributed by atoms with Gasteiger partial charge in [0, 0.05) is 37.2 Å². The Morgan fingerprint density at radius 2 is 1.88 bits per heavy atom. The Balaban J connectivity index is 1.28. The molecule has 0 radical (unpaired) electrons. The Labute approximate surface area is 193 Å². The van der Waals surface area contributed by atoms with Crippen LogP contribution >= 0.6 is 0 Å². The van der Waals surface area contributed by atoms with Gasteiger partial charge >= 0.3 is 0 Å². The maximum Gasteiger partial charge on any atom is 0.247 e. The topological polar surface area (TPSA) is 114 Å². The highest BCUT2D eigenvalue weighted by Crippen LogP contribution is 2.23. The summed E-state index contributed by atoms with van der Waals surface area (Å²) in [4.78, 5) is 26.4. The molecule has 3 N–H and O–H groups in total. The lowest BCUT2D eigenvalue weighted by molar-refractivity contribution is -0.123. The minimum Gasteiger partial charge on any atom is -0.421 e. The van der Waals surface area contributed by atoms with Gasteiger partial charge in [0.25, 0.3) is 0 Å². The van der Waals surface area contributed by atoms with Gasteiger partial charge in [0.05, 0.1) is 5.92 Å². The van der Waals surface area contributed by atoms with Crippen LogP contribution in [0, 0.1) is 5.92 Å². The molecular formula is C25H29N5O3. The quantitative estimate of drug-likeness (QED) is 0.520. The average Bonchev–Trinajstić information content (AvgIpc) is 3.30. The van der Waals surface area contributed by atoms with E-state index in [0.717, 1.165) is 36.2 Å². The van der Waals surface area contributed by atoms with Crippen LogP contribution in [0.2, 0.25) is 0 Å². The molecule has 8 nitrogen and oxygen atoms in total. The van der Waals surface area contributed by atoms with E-state index in [9.17, 15) is 9.59 Å². The first-order chi connectivity index (χ1) is 16.1. The second-order valence-corrected chi connectivity index (χ2v) is 8.40. The number of carbonyl (C=O) groups is 2. The second-order valence-electron chi connectivity index (χ2n) is 8.40. The molecule has 2 amide bonds. The number of hydrogen-bond donors (Lipinski definition) is 2. The first-order valence-corrected chi connectivity index (χ1v) is 11.4. The lowest BCUT2D eigenvalue weighted by Crippen LogP contribution is -2.40. The Hall–Kier alpha value is -3.52. The largest absolute Gasteiger partial charge is 0.421 e. The van der Waals surface area contributed by atoms with Crippen molar-refractivity contribution in [3.8, 4) is 11.5 Å². The number of aromatic nitrogens is 2. The number of nitrogens with two attached hydrogens (primary N) is 1. The highest BCUT2D eigenvalue weighted by atomic mass is 16.4. The fraction of sp³-hybridized carbons (Fsp3) is 0.360. The molecule has 2 heterocycles. The third kappa shape index (κ3) is 6.26. The van der Waals surface area contributed by atoms with E-state index in [1.54, 1.807) is 0 Å². The molecule has 2 aromatic carbocycles. The Bertz CT molecular complexity index is 1080. The van der Waals surface area contributed by atoms with E-state index in [1.807, 2.05) is 54.6 Å². The fourth-order valence-electron chi connectivity index (χ4n) is 4.12. The number of benzene rings is 2. The summed E-state index contributed by atoms with van der Waals surface area (Å²) in [6, 6.07) is 17.4. The number of rotatable bonds is 9. The molecule has 8 heteroatoms. The third-order valence-corrected chi connectivity index (χ3v) is 5.88. The Kier molecular flexibility index (Phi) is 7.47. The van der Waals surface area contributed by atoms with Crippen molar-refractivity contribution in [2.75, 3.05) is 18.4 Å². The highest BCUT2D eigenvalue weighted by molar-refractivity contribution is 5.91. The number of nitrogens with one attached hydrogen (secondary N) is 1. The van der Waals surface area contributed by atoms with Crippen molar-refractivity contribution in [1.82, 2.24) is 15.1 Å². The van der Waals surface area contributed by atoms with E-state index in [0.29, 0.717) is 44.1 Å². The van der Waals surface area contributed by atoms with E-state index in [2.05, 4.69) is 20.4 Å². The molecule has 0 spiro atoms. The van der Waals surface area contributed by atoms with Crippen molar-refractivity contribution in [2.45, 2.75) is 38.6 Å². The van der Waals surface area contributed by atoms with Crippen molar-refractivity contribution in [1.29, 1.82) is 0 Å². The zero-order valence-electron chi connectivity index (χ0n) is 18.6. The Morgan fingerprint density at radius 3 is 2.70 bits per heavy atom. The van der Waals surface area contributed by atoms with Crippen molar-refractivity contribution in [2.24, 2.45) is 11.7 Å². The van der Waals surface area contributed by atoms with Crippen molar-refractivity contribution in [3.63, 3.8) is 0 Å². The van der Waals surface area contributed by atoms with Gasteiger partial charge in [-0.2, -0.15) is 0 Å². The van der Waals surface area contributed by atoms with Crippen LogP contribution in [-0.4, -0.2) is 40.0 Å². The van der Waals surface area contributed by atoms with Crippen LogP contribution in [-0.2, 0) is 22.6 Å². The predicted molar refractivity (Wildman–Crippen MR) is 125 cm³/mol. The van der Waals surface area contributed by atoms with Crippen molar-refractivity contribution in [3.05, 3.63) is 66.1 Å². The maximum atomic E-state index is 12.6. The van der Waals surface area contributed by atoms with E-state index < -0.39 is 0 Å². The smallest absolute Gasteiger partial charge is 0.247 e. The standard InChI is InChI=1S/C25H29N5O3/c26-24(32)20-11-7-15-30(17-20)16-19-10-4-5-12-21(19)27-22(31)13-6-14-23-28-29-25(33-23)18-8-2-1-3-9-18/h1-5,8-10,12,20H,6-7,11,13-17H2,(H2,26,32)(H,27,31). The summed E-state index contributed by atoms with van der Waals surface area (Å²) >= 11 is 0. The van der Waals surface area contributed by atoms with Crippen molar-refractivity contribution >= 4 is 17.5 Å². The van der Waals surface area contributed by atoms with Gasteiger partial charge < -0.3 is 15.5 Å². The minimum absolute atomic E-state index is 0.0566. The van der Waals surface area contributed by atoms with Gasteiger partial charge in [-0.3, -0.25) is 14.5 Å². The normalized spacial score (nSPS) is 16.4. The van der Waals surface area contributed by atoms with Crippen LogP contribution in [0.1, 0.15) is 37.1 Å². The molecule has 172 valence electrons. The number of primary amides is 1. The second kappa shape index (κ2) is 10.9. The van der Waals surface area contributed by atoms with Gasteiger partial charge in [-0.05, 0) is 49.6 Å². The number of para-hydroxylation sites is 1. The lowest BCUT2D eigenvalue weighted by atomic mass is 9.97. The molecule has 3 aromatic rings. The van der Waals surface area contributed by atoms with E-state index in [1.165, 1.54) is 0 Å². The van der Waals surface area contributed by atoms with Gasteiger partial charge in [-0.25, -0.2) is 0 Å². The molecule has 1 aliphatic rings. The van der Waals surface area contributed by atoms with Crippen LogP contribution < -0.4 is 11.1 Å². The third-order valence-electron chi connectivity index (χ3n) is 5.88. The van der Waals surface area contributed by atoms with Crippen molar-refractivity contribution < 1.29 is 14.0 Å². The molecule has 4 rings (SSSR count). The van der Waals surface area contributed by atoms with Crippen LogP contribution in [0.5, 0.6) is 0 Å². The molecule has 1 aromatic heterocycles. The van der Waals surface area contributed by atoms with Gasteiger partial charge in [0.1, 0.15) is 0 Å². The first kappa shape index (κ1) is 22.7. The number of hydrogen-bond acceptors (Lipinski definition) is 6. The molecule has 1 saturated heterocycles. The minimum atomic E-state index is -0.238. The van der Waals surface area contributed by atoms with Gasteiger partial charge in [0.2, 0.25) is 23.6 Å². The van der Waals surface area contributed by atoms with Crippen LogP contribution in [0.25, 0.3) is 11.5 Å². The van der Waals surface area contributed by atoms with Gasteiger partial charge in [-0.15, -0.1) is 10.2 Å². The first-order valence-electron chi connectivity index (χ1n) is 11.4. The number of aryl methyl sites for hydroxylation is 1. The Morgan fingerprint density at radius 1 is 1.09 bits per heavy atom. The molecule has 1 atom stereocenters. The zero-order valence-corrected chi connectivity index (χ0v) is 18.6. The number of amides is 2. The summed E-state index contributed by atoms with van der Waals surface area (Å²) in [5, 5.41) is 11.2. The summed E-state index contributed by atoms with van der Waals surface area (Å²) in [6.45, 7) is 2.25. The maximum absolute atomic E-state index is 12.6. The van der Waals surface area contributed by atoms with E-state index in [-0.39, 0.29) is 17.7 Å². The summed E-state index contributed by atoms with van der Waals surface area (Å²) in [7, 11) is 0. The molecule has 0 aliphatic carbocycles. The molecule has 0 saturated carbocycles. The van der Waals surface area contributed by atoms with E-state index >= 15 is 0 Å². The summed E-state index contributed by atoms with van der Waals surface area (Å²) < 4.78 is 5.71. The monoisotopic (exact) mass is 447 g/mol. The number of likely N-dealkylation sites (tertiary alicyclic amines) is 1. The summed E-state index contributed by atoms with van der Waals surface area (Å²) in [5.74, 6) is 0.612. The molecule has 0 bridgehead atoms. The van der Waals surface area contributed by atoms with Crippen LogP contribution in [0.3, 0.4) is 0 Å². The lowest BCUT2D eigenvalue weighted by Gasteiger charge is -2.31. The van der Waals surface area contributed by atoms with Crippen LogP contribution in [0.4, 0.5) is 5.69 Å². The van der Waals surface area contributed by atoms with Gasteiger partial charge in [0.15, 0.2) is 0 Å². The molecule has 1 aliphatic heterocycles. The summed E-state index contributed by atoms with van der Waals surface area (Å²) in [5.41, 5.74) is 8.20. The zero-order chi connectivity index (χ0) is 23.0. The molecule has 1 fully saturated rings. The van der Waals surface area contributed by atoms with Gasteiger partial charge in [-0.1, -0.05) is 36.4 Å². The number of carbonyl (C=O) groups excluding carboxylic acids is 2. The highest BCUT2D eigenvalue weighted by Gasteiger charge is 2.24. The van der Waals surface area contributed by atoms with Crippen LogP contribution in [0.15, 0.2) is 59.0 Å². The summed E-state index contributed by atoms with van der Waals surface area (Å²) in [6.07, 6.45) is 3.29. The molecular weight excluding hydrogens is 418 g/mol. The number of nitrogens with zero attached hydrogens (tertiary/aromatic N) is 3. The fourth-order valence-corrected chi connectivity index (χ4v) is 4.12. The average molecular weight is 448 g/mol. The molecule has 33 heavy (non-hydrogen) atoms. The SMILES string of the molecule is NC(=O)C1CCCN(Cc2ccccc2NC(=O)CCCc2nnc(-c3ccccc3)o2)C1. The van der Waals surface area contributed by atoms with E-state index in [4.69, 9.17) is 10.2 Å². The molecule has 1 unspecified atom stereocenters. The predicted octanol–water partition coefficient (Wildman–Crippen LogP) is 3.40. The number of anilines is 1. The number of piperidine rings is 1.